The number of hydrogen-bond donors (Lipinski definition) is 3. The molecule has 0 fully saturated rings. The number of hydrogen-bond acceptors (Lipinski definition) is 3. The van der Waals surface area contributed by atoms with E-state index in [1.165, 1.54) is 17.3 Å². The number of amides is 1. The first-order valence-electron chi connectivity index (χ1n) is 6.93. The highest BCUT2D eigenvalue weighted by Gasteiger charge is 2.21. The molecule has 1 unspecified atom stereocenters. The smallest absolute Gasteiger partial charge is 0.256 e. The maximum Gasteiger partial charge on any atom is 0.256 e. The third-order valence-electron chi connectivity index (χ3n) is 3.83. The Morgan fingerprint density at radius 1 is 1.29 bits per heavy atom. The summed E-state index contributed by atoms with van der Waals surface area (Å²) >= 11 is 0. The van der Waals surface area contributed by atoms with Crippen molar-refractivity contribution < 1.29 is 9.90 Å². The lowest BCUT2D eigenvalue weighted by atomic mass is 9.88. The van der Waals surface area contributed by atoms with Gasteiger partial charge in [-0.3, -0.25) is 9.59 Å². The quantitative estimate of drug-likeness (QED) is 0.779. The molecule has 1 aromatic heterocycles. The first kappa shape index (κ1) is 13.4. The lowest BCUT2D eigenvalue weighted by molar-refractivity contribution is 0.0930. The molecule has 1 atom stereocenters. The van der Waals surface area contributed by atoms with Crippen LogP contribution in [0.15, 0.2) is 41.3 Å². The number of benzene rings is 1. The van der Waals surface area contributed by atoms with Crippen LogP contribution in [0.4, 0.5) is 0 Å². The lowest BCUT2D eigenvalue weighted by Gasteiger charge is -2.25. The summed E-state index contributed by atoms with van der Waals surface area (Å²) in [5.41, 5.74) is 2.23. The van der Waals surface area contributed by atoms with Crippen LogP contribution in [0.2, 0.25) is 0 Å². The van der Waals surface area contributed by atoms with Crippen LogP contribution in [0.1, 0.15) is 27.9 Å². The van der Waals surface area contributed by atoms with E-state index < -0.39 is 5.56 Å². The van der Waals surface area contributed by atoms with Gasteiger partial charge in [-0.25, -0.2) is 0 Å². The molecule has 2 aromatic rings. The molecule has 0 saturated carbocycles. The molecule has 1 heterocycles. The van der Waals surface area contributed by atoms with Crippen LogP contribution in [0.3, 0.4) is 0 Å². The van der Waals surface area contributed by atoms with E-state index in [2.05, 4.69) is 22.4 Å². The Labute approximate surface area is 121 Å². The minimum Gasteiger partial charge on any atom is -0.507 e. The summed E-state index contributed by atoms with van der Waals surface area (Å²) in [5, 5.41) is 12.6. The van der Waals surface area contributed by atoms with Crippen molar-refractivity contribution in [1.29, 1.82) is 0 Å². The van der Waals surface area contributed by atoms with Crippen LogP contribution in [0.25, 0.3) is 0 Å². The normalized spacial score (nSPS) is 17.0. The van der Waals surface area contributed by atoms with Gasteiger partial charge in [-0.2, -0.15) is 0 Å². The fourth-order valence-electron chi connectivity index (χ4n) is 2.73. The number of aryl methyl sites for hydroxylation is 1. The van der Waals surface area contributed by atoms with Crippen molar-refractivity contribution >= 4 is 5.91 Å². The molecule has 0 radical (unpaired) electrons. The van der Waals surface area contributed by atoms with Crippen molar-refractivity contribution in [3.63, 3.8) is 0 Å². The molecular weight excluding hydrogens is 268 g/mol. The Kier molecular flexibility index (Phi) is 3.48. The monoisotopic (exact) mass is 284 g/mol. The Balaban J connectivity index is 1.73. The number of fused-ring (bicyclic) bond motifs is 1. The number of aromatic nitrogens is 1. The SMILES string of the molecule is O=C(NC1CCc2ccccc2C1)c1c[nH]c(=O)cc1O. The molecule has 0 saturated heterocycles. The third kappa shape index (κ3) is 2.81. The van der Waals surface area contributed by atoms with Crippen LogP contribution >= 0.6 is 0 Å². The Hall–Kier alpha value is -2.56. The van der Waals surface area contributed by atoms with Gasteiger partial charge in [-0.1, -0.05) is 24.3 Å². The molecule has 0 bridgehead atoms. The van der Waals surface area contributed by atoms with E-state index in [0.29, 0.717) is 0 Å². The summed E-state index contributed by atoms with van der Waals surface area (Å²) in [6, 6.07) is 9.25. The molecule has 108 valence electrons. The molecule has 1 aromatic carbocycles. The molecule has 3 rings (SSSR count). The first-order chi connectivity index (χ1) is 10.1. The number of pyridine rings is 1. The van der Waals surface area contributed by atoms with Crippen LogP contribution in [0, 0.1) is 0 Å². The summed E-state index contributed by atoms with van der Waals surface area (Å²) in [6.45, 7) is 0. The van der Waals surface area contributed by atoms with E-state index in [9.17, 15) is 14.7 Å². The van der Waals surface area contributed by atoms with Crippen molar-refractivity contribution in [3.05, 3.63) is 63.6 Å². The molecule has 0 spiro atoms. The van der Waals surface area contributed by atoms with Gasteiger partial charge in [0.2, 0.25) is 0 Å². The molecule has 21 heavy (non-hydrogen) atoms. The minimum atomic E-state index is -0.435. The standard InChI is InChI=1S/C16H16N2O3/c19-14-8-15(20)17-9-13(14)16(21)18-12-6-5-10-3-1-2-4-11(10)7-12/h1-4,8-9,12H,5-7H2,(H,18,21)(H2,17,19,20). The van der Waals surface area contributed by atoms with Gasteiger partial charge in [0, 0.05) is 18.3 Å². The van der Waals surface area contributed by atoms with Gasteiger partial charge in [0.15, 0.2) is 0 Å². The Bertz CT molecular complexity index is 736. The summed E-state index contributed by atoms with van der Waals surface area (Å²) in [5.74, 6) is -0.666. The summed E-state index contributed by atoms with van der Waals surface area (Å²) < 4.78 is 0. The van der Waals surface area contributed by atoms with Gasteiger partial charge in [0.1, 0.15) is 5.75 Å². The number of rotatable bonds is 2. The highest BCUT2D eigenvalue weighted by molar-refractivity contribution is 5.96. The van der Waals surface area contributed by atoms with Gasteiger partial charge in [-0.15, -0.1) is 0 Å². The van der Waals surface area contributed by atoms with Crippen molar-refractivity contribution in [2.24, 2.45) is 0 Å². The molecule has 1 aliphatic carbocycles. The van der Waals surface area contributed by atoms with E-state index in [4.69, 9.17) is 0 Å². The highest BCUT2D eigenvalue weighted by Crippen LogP contribution is 2.21. The number of carbonyl (C=O) groups is 1. The van der Waals surface area contributed by atoms with Crippen LogP contribution in [0.5, 0.6) is 5.75 Å². The van der Waals surface area contributed by atoms with Gasteiger partial charge in [-0.05, 0) is 30.4 Å². The fraction of sp³-hybridized carbons (Fsp3) is 0.250. The van der Waals surface area contributed by atoms with E-state index in [-0.39, 0.29) is 23.3 Å². The maximum absolute atomic E-state index is 12.2. The van der Waals surface area contributed by atoms with Gasteiger partial charge in [0.25, 0.3) is 11.5 Å². The maximum atomic E-state index is 12.2. The Morgan fingerprint density at radius 2 is 2.05 bits per heavy atom. The third-order valence-corrected chi connectivity index (χ3v) is 3.83. The molecule has 1 amide bonds. The van der Waals surface area contributed by atoms with Crippen molar-refractivity contribution in [2.75, 3.05) is 0 Å². The molecule has 3 N–H and O–H groups in total. The number of aromatic amines is 1. The van der Waals surface area contributed by atoms with Crippen LogP contribution < -0.4 is 10.9 Å². The summed E-state index contributed by atoms with van der Waals surface area (Å²) in [7, 11) is 0. The average molecular weight is 284 g/mol. The van der Waals surface area contributed by atoms with Crippen LogP contribution in [-0.2, 0) is 12.8 Å². The molecule has 0 aliphatic heterocycles. The minimum absolute atomic E-state index is 0.0405. The highest BCUT2D eigenvalue weighted by atomic mass is 16.3. The predicted molar refractivity (Wildman–Crippen MR) is 78.4 cm³/mol. The van der Waals surface area contributed by atoms with Crippen molar-refractivity contribution in [3.8, 4) is 5.75 Å². The fourth-order valence-corrected chi connectivity index (χ4v) is 2.73. The van der Waals surface area contributed by atoms with Crippen molar-refractivity contribution in [2.45, 2.75) is 25.3 Å². The van der Waals surface area contributed by atoms with E-state index in [1.54, 1.807) is 0 Å². The second-order valence-corrected chi connectivity index (χ2v) is 5.28. The van der Waals surface area contributed by atoms with Crippen LogP contribution in [-0.4, -0.2) is 22.0 Å². The van der Waals surface area contributed by atoms with E-state index in [1.807, 2.05) is 12.1 Å². The van der Waals surface area contributed by atoms with Gasteiger partial charge < -0.3 is 15.4 Å². The van der Waals surface area contributed by atoms with Gasteiger partial charge >= 0.3 is 0 Å². The van der Waals surface area contributed by atoms with Crippen molar-refractivity contribution in [1.82, 2.24) is 10.3 Å². The molecule has 5 nitrogen and oxygen atoms in total. The van der Waals surface area contributed by atoms with E-state index in [0.717, 1.165) is 25.3 Å². The first-order valence-corrected chi connectivity index (χ1v) is 6.93. The van der Waals surface area contributed by atoms with E-state index >= 15 is 0 Å². The molecule has 5 heteroatoms. The average Bonchev–Trinajstić information content (AvgIpc) is 2.47. The van der Waals surface area contributed by atoms with Gasteiger partial charge in [0.05, 0.1) is 5.56 Å². The number of aromatic hydroxyl groups is 1. The second-order valence-electron chi connectivity index (χ2n) is 5.28. The topological polar surface area (TPSA) is 82.2 Å². The zero-order valence-corrected chi connectivity index (χ0v) is 11.4. The summed E-state index contributed by atoms with van der Waals surface area (Å²) in [4.78, 5) is 25.6. The number of carbonyl (C=O) groups excluding carboxylic acids is 1. The molecule has 1 aliphatic rings. The number of H-pyrrole nitrogens is 1. The predicted octanol–water partition coefficient (Wildman–Crippen LogP) is 1.37. The largest absolute Gasteiger partial charge is 0.507 e. The second kappa shape index (κ2) is 5.44. The zero-order chi connectivity index (χ0) is 14.8. The molecular formula is C16H16N2O3. The Morgan fingerprint density at radius 3 is 2.81 bits per heavy atom. The summed E-state index contributed by atoms with van der Waals surface area (Å²) in [6.07, 6.45) is 3.82. The number of nitrogens with one attached hydrogen (secondary N) is 2. The lowest BCUT2D eigenvalue weighted by Crippen LogP contribution is -2.39. The zero-order valence-electron chi connectivity index (χ0n) is 11.4.